The van der Waals surface area contributed by atoms with E-state index in [-0.39, 0.29) is 5.91 Å². The number of rotatable bonds is 7. The second-order valence-corrected chi connectivity index (χ2v) is 7.42. The number of aromatic nitrogens is 1. The second kappa shape index (κ2) is 9.24. The van der Waals surface area contributed by atoms with E-state index in [9.17, 15) is 4.79 Å². The normalized spacial score (nSPS) is 15.1. The number of aryl methyl sites for hydroxylation is 2. The molecule has 1 fully saturated rings. The van der Waals surface area contributed by atoms with Gasteiger partial charge in [0.1, 0.15) is 24.7 Å². The summed E-state index contributed by atoms with van der Waals surface area (Å²) in [7, 11) is 0. The van der Waals surface area contributed by atoms with Crippen LogP contribution in [-0.4, -0.2) is 55.3 Å². The zero-order chi connectivity index (χ0) is 19.2. The molecule has 0 radical (unpaired) electrons. The van der Waals surface area contributed by atoms with Crippen LogP contribution < -0.4 is 9.64 Å². The summed E-state index contributed by atoms with van der Waals surface area (Å²) in [6.07, 6.45) is 1.21. The third kappa shape index (κ3) is 5.47. The van der Waals surface area contributed by atoms with Gasteiger partial charge in [-0.15, -0.1) is 0 Å². The molecule has 1 aliphatic rings. The monoisotopic (exact) mass is 392 g/mol. The molecule has 1 saturated heterocycles. The van der Waals surface area contributed by atoms with Crippen molar-refractivity contribution in [2.45, 2.75) is 26.7 Å². The molecule has 7 heteroatoms. The molecule has 146 valence electrons. The lowest BCUT2D eigenvalue weighted by atomic mass is 10.1. The van der Waals surface area contributed by atoms with E-state index < -0.39 is 0 Å². The largest absolute Gasteiger partial charge is 0.488 e. The minimum absolute atomic E-state index is 0.214. The maximum absolute atomic E-state index is 12.5. The smallest absolute Gasteiger partial charge is 0.223 e. The third-order valence-electron chi connectivity index (χ3n) is 5.13. The Kier molecular flexibility index (Phi) is 6.74. The molecule has 6 nitrogen and oxygen atoms in total. The van der Waals surface area contributed by atoms with E-state index >= 15 is 0 Å². The van der Waals surface area contributed by atoms with Gasteiger partial charge in [-0.1, -0.05) is 16.8 Å². The summed E-state index contributed by atoms with van der Waals surface area (Å²) in [6, 6.07) is 7.42. The Balaban J connectivity index is 1.35. The van der Waals surface area contributed by atoms with E-state index in [1.54, 1.807) is 0 Å². The molecule has 27 heavy (non-hydrogen) atoms. The summed E-state index contributed by atoms with van der Waals surface area (Å²) in [4.78, 5) is 15.9. The number of carbonyl (C=O) groups excluding carboxylic acids is 1. The Morgan fingerprint density at radius 3 is 2.59 bits per heavy atom. The van der Waals surface area contributed by atoms with Gasteiger partial charge >= 0.3 is 0 Å². The fraction of sp³-hybridized carbons (Fsp3) is 0.500. The van der Waals surface area contributed by atoms with Crippen LogP contribution in [0.4, 0.5) is 0 Å². The molecule has 1 amide bonds. The molecule has 1 aliphatic heterocycles. The van der Waals surface area contributed by atoms with Crippen LogP contribution in [0, 0.1) is 13.8 Å². The first-order valence-corrected chi connectivity index (χ1v) is 9.82. The van der Waals surface area contributed by atoms with Crippen LogP contribution in [0.5, 0.6) is 5.75 Å². The maximum Gasteiger partial charge on any atom is 0.223 e. The number of amides is 1. The van der Waals surface area contributed by atoms with Gasteiger partial charge in [-0.05, 0) is 44.5 Å². The highest BCUT2D eigenvalue weighted by Crippen LogP contribution is 2.16. The van der Waals surface area contributed by atoms with E-state index in [1.807, 2.05) is 43.0 Å². The molecule has 0 saturated carbocycles. The Hall–Kier alpha value is -2.05. The molecular formula is C20H27ClN3O3+. The number of nitrogens with zero attached hydrogens (tertiary/aromatic N) is 2. The molecule has 0 spiro atoms. The van der Waals surface area contributed by atoms with Gasteiger partial charge in [0.2, 0.25) is 5.91 Å². The minimum atomic E-state index is 0.214. The first-order chi connectivity index (χ1) is 13.0. The molecule has 1 aromatic heterocycles. The second-order valence-electron chi connectivity index (χ2n) is 6.99. The summed E-state index contributed by atoms with van der Waals surface area (Å²) in [5, 5.41) is 4.66. The number of carbonyl (C=O) groups is 1. The van der Waals surface area contributed by atoms with Crippen molar-refractivity contribution in [1.82, 2.24) is 10.1 Å². The predicted molar refractivity (Wildman–Crippen MR) is 103 cm³/mol. The van der Waals surface area contributed by atoms with E-state index in [4.69, 9.17) is 20.9 Å². The zero-order valence-electron chi connectivity index (χ0n) is 16.0. The van der Waals surface area contributed by atoms with Crippen LogP contribution in [-0.2, 0) is 11.2 Å². The van der Waals surface area contributed by atoms with Gasteiger partial charge in [0.25, 0.3) is 0 Å². The summed E-state index contributed by atoms with van der Waals surface area (Å²) in [5.74, 6) is 1.87. The number of hydrogen-bond acceptors (Lipinski definition) is 4. The van der Waals surface area contributed by atoms with E-state index in [1.165, 1.54) is 4.90 Å². The summed E-state index contributed by atoms with van der Waals surface area (Å²) in [5.41, 5.74) is 1.95. The van der Waals surface area contributed by atoms with Crippen LogP contribution in [0.1, 0.15) is 23.4 Å². The van der Waals surface area contributed by atoms with Crippen LogP contribution >= 0.6 is 11.6 Å². The van der Waals surface area contributed by atoms with Gasteiger partial charge in [0, 0.05) is 17.0 Å². The van der Waals surface area contributed by atoms with E-state index in [0.29, 0.717) is 24.5 Å². The Morgan fingerprint density at radius 1 is 1.26 bits per heavy atom. The SMILES string of the molecule is Cc1noc(C)c1CCC(=O)N1CC[NH+](CCOc2ccc(Cl)cc2)CC1. The third-order valence-corrected chi connectivity index (χ3v) is 5.38. The van der Waals surface area contributed by atoms with Gasteiger partial charge in [0.15, 0.2) is 0 Å². The summed E-state index contributed by atoms with van der Waals surface area (Å²) < 4.78 is 10.9. The summed E-state index contributed by atoms with van der Waals surface area (Å²) in [6.45, 7) is 8.94. The number of halogens is 1. The van der Waals surface area contributed by atoms with Gasteiger partial charge in [-0.2, -0.15) is 0 Å². The summed E-state index contributed by atoms with van der Waals surface area (Å²) >= 11 is 5.87. The van der Waals surface area contributed by atoms with Crippen LogP contribution in [0.3, 0.4) is 0 Å². The zero-order valence-corrected chi connectivity index (χ0v) is 16.7. The van der Waals surface area contributed by atoms with Crippen molar-refractivity contribution >= 4 is 17.5 Å². The maximum atomic E-state index is 12.5. The number of ether oxygens (including phenoxy) is 1. The number of benzene rings is 1. The lowest BCUT2D eigenvalue weighted by Gasteiger charge is -2.32. The molecule has 2 heterocycles. The van der Waals surface area contributed by atoms with Crippen molar-refractivity contribution in [1.29, 1.82) is 0 Å². The lowest BCUT2D eigenvalue weighted by Crippen LogP contribution is -3.15. The molecule has 3 rings (SSSR count). The highest BCUT2D eigenvalue weighted by molar-refractivity contribution is 6.30. The number of nitrogens with one attached hydrogen (secondary N) is 1. The van der Waals surface area contributed by atoms with Crippen molar-refractivity contribution < 1.29 is 19.0 Å². The highest BCUT2D eigenvalue weighted by atomic mass is 35.5. The van der Waals surface area contributed by atoms with Gasteiger partial charge in [-0.25, -0.2) is 0 Å². The number of quaternary nitrogens is 1. The first-order valence-electron chi connectivity index (χ1n) is 9.44. The topological polar surface area (TPSA) is 60.0 Å². The standard InChI is InChI=1S/C20H26ClN3O3/c1-15-19(16(2)27-22-15)7-8-20(25)24-11-9-23(10-12-24)13-14-26-18-5-3-17(21)4-6-18/h3-6H,7-14H2,1-2H3/p+1. The average molecular weight is 393 g/mol. The van der Waals surface area contributed by atoms with Crippen LogP contribution in [0.25, 0.3) is 0 Å². The van der Waals surface area contributed by atoms with Crippen molar-refractivity contribution in [3.63, 3.8) is 0 Å². The van der Waals surface area contributed by atoms with Gasteiger partial charge in [-0.3, -0.25) is 4.79 Å². The molecule has 0 aliphatic carbocycles. The lowest BCUT2D eigenvalue weighted by molar-refractivity contribution is -0.904. The van der Waals surface area contributed by atoms with Gasteiger partial charge in [0.05, 0.1) is 31.9 Å². The fourth-order valence-corrected chi connectivity index (χ4v) is 3.54. The minimum Gasteiger partial charge on any atom is -0.488 e. The number of piperazine rings is 1. The first kappa shape index (κ1) is 19.7. The average Bonchev–Trinajstić information content (AvgIpc) is 3.00. The highest BCUT2D eigenvalue weighted by Gasteiger charge is 2.24. The van der Waals surface area contributed by atoms with Gasteiger partial charge < -0.3 is 19.1 Å². The van der Waals surface area contributed by atoms with Crippen molar-refractivity contribution in [2.75, 3.05) is 39.3 Å². The van der Waals surface area contributed by atoms with Crippen LogP contribution in [0.15, 0.2) is 28.8 Å². The molecule has 1 N–H and O–H groups in total. The van der Waals surface area contributed by atoms with Crippen molar-refractivity contribution in [3.8, 4) is 5.75 Å². The molecule has 0 bridgehead atoms. The number of hydrogen-bond donors (Lipinski definition) is 1. The fourth-order valence-electron chi connectivity index (χ4n) is 3.42. The Labute approximate surface area is 165 Å². The van der Waals surface area contributed by atoms with E-state index in [0.717, 1.165) is 55.5 Å². The molecule has 1 aromatic carbocycles. The van der Waals surface area contributed by atoms with Crippen molar-refractivity contribution in [2.24, 2.45) is 0 Å². The van der Waals surface area contributed by atoms with Crippen molar-refractivity contribution in [3.05, 3.63) is 46.3 Å². The molecule has 0 atom stereocenters. The van der Waals surface area contributed by atoms with Crippen LogP contribution in [0.2, 0.25) is 5.02 Å². The molecule has 0 unspecified atom stereocenters. The Morgan fingerprint density at radius 2 is 1.96 bits per heavy atom. The molecule has 2 aromatic rings. The molecular weight excluding hydrogens is 366 g/mol. The quantitative estimate of drug-likeness (QED) is 0.778. The predicted octanol–water partition coefficient (Wildman–Crippen LogP) is 1.68. The van der Waals surface area contributed by atoms with E-state index in [2.05, 4.69) is 5.16 Å². The Bertz CT molecular complexity index is 733.